The number of hydrogen-bond donors (Lipinski definition) is 3. The smallest absolute Gasteiger partial charge is 0.329 e. The maximum absolute atomic E-state index is 13.9. The van der Waals surface area contributed by atoms with Crippen molar-refractivity contribution in [3.63, 3.8) is 0 Å². The van der Waals surface area contributed by atoms with Crippen LogP contribution in [0.15, 0.2) is 85.1 Å². The molecule has 0 aliphatic carbocycles. The first-order valence-electron chi connectivity index (χ1n) is 10.6. The lowest BCUT2D eigenvalue weighted by Gasteiger charge is -2.19. The van der Waals surface area contributed by atoms with Crippen LogP contribution in [0, 0.1) is 5.82 Å². The van der Waals surface area contributed by atoms with E-state index in [0.29, 0.717) is 35.7 Å². The molecular weight excluding hydrogens is 476 g/mol. The summed E-state index contributed by atoms with van der Waals surface area (Å²) in [6.45, 7) is 0. The maximum atomic E-state index is 13.9. The van der Waals surface area contributed by atoms with Gasteiger partial charge in [-0.05, 0) is 60.7 Å². The monoisotopic (exact) mass is 496 g/mol. The highest BCUT2D eigenvalue weighted by Gasteiger charge is 2.31. The minimum atomic E-state index is -4.66. The molecule has 0 unspecified atom stereocenters. The van der Waals surface area contributed by atoms with Gasteiger partial charge in [0.2, 0.25) is 5.95 Å². The van der Waals surface area contributed by atoms with Gasteiger partial charge in [-0.1, -0.05) is 18.2 Å². The second-order valence-electron chi connectivity index (χ2n) is 7.61. The number of alkyl halides is 3. The fraction of sp³-hybridized carbons (Fsp3) is 0.0800. The average Bonchev–Trinajstić information content (AvgIpc) is 2.85. The molecular formula is C25H20F4N6O. The average molecular weight is 496 g/mol. The van der Waals surface area contributed by atoms with Gasteiger partial charge in [-0.15, -0.1) is 0 Å². The molecule has 0 radical (unpaired) electrons. The van der Waals surface area contributed by atoms with Crippen LogP contribution in [0.3, 0.4) is 0 Å². The topological polar surface area (TPSA) is 82.2 Å². The quantitative estimate of drug-likeness (QED) is 0.256. The van der Waals surface area contributed by atoms with Gasteiger partial charge in [0.1, 0.15) is 11.6 Å². The summed E-state index contributed by atoms with van der Waals surface area (Å²) in [5, 5.41) is 7.69. The van der Waals surface area contributed by atoms with Crippen LogP contribution in [-0.2, 0) is 6.18 Å². The van der Waals surface area contributed by atoms with E-state index in [4.69, 9.17) is 0 Å². The van der Waals surface area contributed by atoms with Crippen LogP contribution >= 0.6 is 0 Å². The molecule has 1 aromatic heterocycles. The normalized spacial score (nSPS) is 11.0. The van der Waals surface area contributed by atoms with Gasteiger partial charge in [0.05, 0.1) is 11.3 Å². The summed E-state index contributed by atoms with van der Waals surface area (Å²) in [5.41, 5.74) is 0.289. The van der Waals surface area contributed by atoms with Crippen molar-refractivity contribution in [2.24, 2.45) is 0 Å². The molecule has 4 aromatic rings. The van der Waals surface area contributed by atoms with Gasteiger partial charge in [0, 0.05) is 30.3 Å². The Hall–Kier alpha value is -4.67. The number of hydrogen-bond acceptors (Lipinski definition) is 5. The number of benzene rings is 3. The number of aromatic nitrogens is 2. The zero-order valence-electron chi connectivity index (χ0n) is 18.8. The van der Waals surface area contributed by atoms with Crippen LogP contribution in [0.1, 0.15) is 5.56 Å². The molecule has 0 fully saturated rings. The standard InChI is InChI=1S/C25H20F4N6O/c1-35(22-13-14-30-23(34-22)31-17-5-3-2-4-6-17)19-10-8-18(9-11-19)32-24(36)33-21-15-16(25(27,28)29)7-12-20(21)26/h2-15H,1H3,(H,30,31,34)(H2,32,33,36). The molecule has 1 heterocycles. The molecule has 0 aliphatic rings. The van der Waals surface area contributed by atoms with Gasteiger partial charge in [-0.3, -0.25) is 0 Å². The molecule has 0 aliphatic heterocycles. The number of nitrogens with one attached hydrogen (secondary N) is 3. The maximum Gasteiger partial charge on any atom is 0.416 e. The number of carbonyl (C=O) groups excluding carboxylic acids is 1. The van der Waals surface area contributed by atoms with Crippen LogP contribution in [-0.4, -0.2) is 23.0 Å². The molecule has 3 N–H and O–H groups in total. The van der Waals surface area contributed by atoms with E-state index in [1.54, 1.807) is 48.5 Å². The first-order chi connectivity index (χ1) is 17.2. The van der Waals surface area contributed by atoms with Crippen molar-refractivity contribution >= 4 is 40.5 Å². The highest BCUT2D eigenvalue weighted by atomic mass is 19.4. The van der Waals surface area contributed by atoms with E-state index < -0.39 is 29.3 Å². The van der Waals surface area contributed by atoms with E-state index in [1.165, 1.54) is 0 Å². The SMILES string of the molecule is CN(c1ccc(NC(=O)Nc2cc(C(F)(F)F)ccc2F)cc1)c1ccnc(Nc2ccccc2)n1. The molecule has 0 saturated carbocycles. The van der Waals surface area contributed by atoms with E-state index in [1.807, 2.05) is 30.3 Å². The fourth-order valence-electron chi connectivity index (χ4n) is 3.23. The Labute approximate surface area is 203 Å². The minimum absolute atomic E-state index is 0.353. The van der Waals surface area contributed by atoms with E-state index in [0.717, 1.165) is 11.4 Å². The van der Waals surface area contributed by atoms with Crippen LogP contribution in [0.25, 0.3) is 0 Å². The Morgan fingerprint density at radius 2 is 1.61 bits per heavy atom. The van der Waals surface area contributed by atoms with E-state index in [-0.39, 0.29) is 0 Å². The van der Waals surface area contributed by atoms with E-state index in [9.17, 15) is 22.4 Å². The molecule has 184 valence electrons. The second-order valence-corrected chi connectivity index (χ2v) is 7.61. The number of urea groups is 1. The van der Waals surface area contributed by atoms with Crippen molar-refractivity contribution in [3.05, 3.63) is 96.4 Å². The lowest BCUT2D eigenvalue weighted by Crippen LogP contribution is -2.20. The minimum Gasteiger partial charge on any atom is -0.329 e. The van der Waals surface area contributed by atoms with Gasteiger partial charge < -0.3 is 20.9 Å². The number of rotatable bonds is 6. The van der Waals surface area contributed by atoms with Crippen molar-refractivity contribution in [2.75, 3.05) is 27.9 Å². The highest BCUT2D eigenvalue weighted by Crippen LogP contribution is 2.32. The lowest BCUT2D eigenvalue weighted by atomic mass is 10.2. The Morgan fingerprint density at radius 1 is 0.889 bits per heavy atom. The molecule has 0 saturated heterocycles. The Balaban J connectivity index is 1.41. The number of halogens is 4. The van der Waals surface area contributed by atoms with Crippen LogP contribution in [0.4, 0.5) is 56.9 Å². The predicted octanol–water partition coefficient (Wildman–Crippen LogP) is 6.79. The summed E-state index contributed by atoms with van der Waals surface area (Å²) in [6.07, 6.45) is -3.04. The summed E-state index contributed by atoms with van der Waals surface area (Å²) in [5.74, 6) is 0.0466. The van der Waals surface area contributed by atoms with Crippen molar-refractivity contribution in [1.29, 1.82) is 0 Å². The third kappa shape index (κ3) is 6.06. The Kier molecular flexibility index (Phi) is 7.00. The molecule has 0 spiro atoms. The number of amides is 2. The second kappa shape index (κ2) is 10.3. The first-order valence-corrected chi connectivity index (χ1v) is 10.6. The summed E-state index contributed by atoms with van der Waals surface area (Å²) in [7, 11) is 1.81. The third-order valence-electron chi connectivity index (χ3n) is 5.07. The zero-order valence-corrected chi connectivity index (χ0v) is 18.8. The van der Waals surface area contributed by atoms with Crippen molar-refractivity contribution < 1.29 is 22.4 Å². The van der Waals surface area contributed by atoms with Gasteiger partial charge in [0.25, 0.3) is 0 Å². The fourth-order valence-corrected chi connectivity index (χ4v) is 3.23. The molecule has 7 nitrogen and oxygen atoms in total. The van der Waals surface area contributed by atoms with Crippen LogP contribution in [0.5, 0.6) is 0 Å². The summed E-state index contributed by atoms with van der Waals surface area (Å²) >= 11 is 0. The largest absolute Gasteiger partial charge is 0.416 e. The van der Waals surface area contributed by atoms with E-state index >= 15 is 0 Å². The third-order valence-corrected chi connectivity index (χ3v) is 5.07. The first kappa shape index (κ1) is 24.5. The molecule has 0 atom stereocenters. The molecule has 4 rings (SSSR count). The summed E-state index contributed by atoms with van der Waals surface area (Å²) in [6, 6.07) is 18.7. The number of anilines is 6. The molecule has 3 aromatic carbocycles. The van der Waals surface area contributed by atoms with Gasteiger partial charge in [0.15, 0.2) is 0 Å². The van der Waals surface area contributed by atoms with E-state index in [2.05, 4.69) is 25.9 Å². The number of nitrogens with zero attached hydrogens (tertiary/aromatic N) is 3. The summed E-state index contributed by atoms with van der Waals surface area (Å²) in [4.78, 5) is 22.8. The van der Waals surface area contributed by atoms with Crippen molar-refractivity contribution in [1.82, 2.24) is 9.97 Å². The van der Waals surface area contributed by atoms with Crippen molar-refractivity contribution in [2.45, 2.75) is 6.18 Å². The Bertz CT molecular complexity index is 1350. The van der Waals surface area contributed by atoms with Crippen molar-refractivity contribution in [3.8, 4) is 0 Å². The lowest BCUT2D eigenvalue weighted by molar-refractivity contribution is -0.137. The highest BCUT2D eigenvalue weighted by molar-refractivity contribution is 6.00. The summed E-state index contributed by atoms with van der Waals surface area (Å²) < 4.78 is 52.5. The van der Waals surface area contributed by atoms with Crippen LogP contribution < -0.4 is 20.9 Å². The molecule has 11 heteroatoms. The molecule has 36 heavy (non-hydrogen) atoms. The van der Waals surface area contributed by atoms with Gasteiger partial charge in [-0.25, -0.2) is 14.2 Å². The van der Waals surface area contributed by atoms with Crippen LogP contribution in [0.2, 0.25) is 0 Å². The number of carbonyl (C=O) groups is 1. The molecule has 2 amide bonds. The van der Waals surface area contributed by atoms with Gasteiger partial charge >= 0.3 is 12.2 Å². The number of para-hydroxylation sites is 1. The van der Waals surface area contributed by atoms with Gasteiger partial charge in [-0.2, -0.15) is 18.2 Å². The predicted molar refractivity (Wildman–Crippen MR) is 130 cm³/mol. The zero-order chi connectivity index (χ0) is 25.7. The molecule has 0 bridgehead atoms. The Morgan fingerprint density at radius 3 is 2.31 bits per heavy atom.